The minimum atomic E-state index is -0.816. The number of ether oxygens (including phenoxy) is 1. The molecule has 0 spiro atoms. The van der Waals surface area contributed by atoms with Crippen LogP contribution >= 0.6 is 0 Å². The Morgan fingerprint density at radius 1 is 1.00 bits per heavy atom. The third-order valence-electron chi connectivity index (χ3n) is 4.34. The fourth-order valence-electron chi connectivity index (χ4n) is 2.91. The molecular formula is C22H16F2N4O3. The first-order valence-electron chi connectivity index (χ1n) is 9.23. The fourth-order valence-corrected chi connectivity index (χ4v) is 2.91. The number of carbonyl (C=O) groups is 2. The Balaban J connectivity index is 1.37. The van der Waals surface area contributed by atoms with Gasteiger partial charge in [0.1, 0.15) is 11.3 Å². The van der Waals surface area contributed by atoms with E-state index >= 15 is 0 Å². The van der Waals surface area contributed by atoms with Gasteiger partial charge in [-0.2, -0.15) is 5.10 Å². The van der Waals surface area contributed by atoms with E-state index in [0.717, 1.165) is 6.07 Å². The average Bonchev–Trinajstić information content (AvgIpc) is 3.21. The predicted molar refractivity (Wildman–Crippen MR) is 109 cm³/mol. The number of aromatic nitrogens is 2. The molecule has 4 aromatic rings. The second-order valence-corrected chi connectivity index (χ2v) is 6.59. The fraction of sp³-hybridized carbons (Fsp3) is 0.0455. The van der Waals surface area contributed by atoms with Gasteiger partial charge >= 0.3 is 6.03 Å². The van der Waals surface area contributed by atoms with Crippen LogP contribution in [0.2, 0.25) is 0 Å². The Hall–Kier alpha value is -4.27. The summed E-state index contributed by atoms with van der Waals surface area (Å²) >= 11 is 0. The smallest absolute Gasteiger partial charge is 0.325 e. The molecule has 0 saturated heterocycles. The number of fused-ring (bicyclic) bond motifs is 1. The molecule has 2 aromatic heterocycles. The molecule has 0 aliphatic rings. The summed E-state index contributed by atoms with van der Waals surface area (Å²) in [6, 6.07) is 13.6. The molecule has 0 aliphatic heterocycles. The van der Waals surface area contributed by atoms with Crippen LogP contribution in [0.15, 0.2) is 73.1 Å². The van der Waals surface area contributed by atoms with Crippen LogP contribution in [0.5, 0.6) is 11.5 Å². The first-order chi connectivity index (χ1) is 15.0. The van der Waals surface area contributed by atoms with E-state index in [1.165, 1.54) is 42.6 Å². The number of halogens is 2. The lowest BCUT2D eigenvalue weighted by Crippen LogP contribution is -2.35. The van der Waals surface area contributed by atoms with E-state index in [2.05, 4.69) is 15.7 Å². The Kier molecular flexibility index (Phi) is 5.57. The topological polar surface area (TPSA) is 84.7 Å². The molecule has 31 heavy (non-hydrogen) atoms. The summed E-state index contributed by atoms with van der Waals surface area (Å²) in [5.41, 5.74) is 1.36. The SMILES string of the molecule is O=C(Cc1ccc(F)cc1)NC(=O)Nc1ccc(Oc2ccnn3cccc23)c(F)c1. The second-order valence-electron chi connectivity index (χ2n) is 6.59. The molecule has 0 bridgehead atoms. The van der Waals surface area contributed by atoms with Crippen LogP contribution in [-0.2, 0) is 11.2 Å². The van der Waals surface area contributed by atoms with Crippen molar-refractivity contribution in [1.29, 1.82) is 0 Å². The van der Waals surface area contributed by atoms with Crippen molar-refractivity contribution in [3.8, 4) is 11.5 Å². The number of benzene rings is 2. The summed E-state index contributed by atoms with van der Waals surface area (Å²) in [5.74, 6) is -1.31. The summed E-state index contributed by atoms with van der Waals surface area (Å²) in [5, 5.41) is 8.63. The molecule has 0 atom stereocenters. The van der Waals surface area contributed by atoms with Gasteiger partial charge in [-0.05, 0) is 42.0 Å². The molecule has 2 N–H and O–H groups in total. The highest BCUT2D eigenvalue weighted by molar-refractivity contribution is 6.01. The Morgan fingerprint density at radius 3 is 2.58 bits per heavy atom. The summed E-state index contributed by atoms with van der Waals surface area (Å²) < 4.78 is 34.6. The highest BCUT2D eigenvalue weighted by Gasteiger charge is 2.12. The molecule has 3 amide bonds. The third-order valence-corrected chi connectivity index (χ3v) is 4.34. The van der Waals surface area contributed by atoms with Gasteiger partial charge in [0.05, 0.1) is 12.6 Å². The van der Waals surface area contributed by atoms with Crippen molar-refractivity contribution in [3.63, 3.8) is 0 Å². The van der Waals surface area contributed by atoms with E-state index in [-0.39, 0.29) is 17.9 Å². The molecule has 0 saturated carbocycles. The molecule has 156 valence electrons. The largest absolute Gasteiger partial charge is 0.452 e. The van der Waals surface area contributed by atoms with Gasteiger partial charge < -0.3 is 10.1 Å². The van der Waals surface area contributed by atoms with Crippen molar-refractivity contribution >= 4 is 23.1 Å². The van der Waals surface area contributed by atoms with Crippen molar-refractivity contribution in [2.75, 3.05) is 5.32 Å². The number of hydrogen-bond donors (Lipinski definition) is 2. The zero-order chi connectivity index (χ0) is 21.8. The zero-order valence-electron chi connectivity index (χ0n) is 16.0. The molecule has 7 nitrogen and oxygen atoms in total. The van der Waals surface area contributed by atoms with Crippen molar-refractivity contribution in [2.45, 2.75) is 6.42 Å². The van der Waals surface area contributed by atoms with Gasteiger partial charge in [-0.15, -0.1) is 0 Å². The van der Waals surface area contributed by atoms with E-state index in [1.807, 2.05) is 0 Å². The lowest BCUT2D eigenvalue weighted by Gasteiger charge is -2.11. The minimum absolute atomic E-state index is 0.0346. The maximum absolute atomic E-state index is 14.5. The number of amides is 3. The Labute approximate surface area is 175 Å². The molecule has 4 rings (SSSR count). The standard InChI is InChI=1S/C22H16F2N4O3/c23-15-5-3-14(4-6-15)12-21(29)27-22(30)26-16-7-8-19(17(24)13-16)31-20-9-10-25-28-11-1-2-18(20)28/h1-11,13H,12H2,(H2,26,27,29,30). The van der Waals surface area contributed by atoms with E-state index in [4.69, 9.17) is 4.74 Å². The zero-order valence-corrected chi connectivity index (χ0v) is 16.0. The number of nitrogens with zero attached hydrogens (tertiary/aromatic N) is 2. The third kappa shape index (κ3) is 4.84. The van der Waals surface area contributed by atoms with Crippen LogP contribution in [-0.4, -0.2) is 21.6 Å². The first-order valence-corrected chi connectivity index (χ1v) is 9.23. The summed E-state index contributed by atoms with van der Waals surface area (Å²) in [6.07, 6.45) is 3.17. The number of nitrogens with one attached hydrogen (secondary N) is 2. The van der Waals surface area contributed by atoms with Crippen LogP contribution in [0.3, 0.4) is 0 Å². The molecule has 0 radical (unpaired) electrons. The van der Waals surface area contributed by atoms with E-state index in [9.17, 15) is 18.4 Å². The number of carbonyl (C=O) groups excluding carboxylic acids is 2. The van der Waals surface area contributed by atoms with Gasteiger partial charge in [0.15, 0.2) is 17.3 Å². The molecule has 9 heteroatoms. The Bertz CT molecular complexity index is 1260. The number of imide groups is 1. The minimum Gasteiger partial charge on any atom is -0.452 e. The van der Waals surface area contributed by atoms with Gasteiger partial charge in [-0.1, -0.05) is 12.1 Å². The maximum Gasteiger partial charge on any atom is 0.325 e. The van der Waals surface area contributed by atoms with Crippen LogP contribution in [0, 0.1) is 11.6 Å². The number of rotatable bonds is 5. The summed E-state index contributed by atoms with van der Waals surface area (Å²) in [6.45, 7) is 0. The quantitative estimate of drug-likeness (QED) is 0.502. The molecule has 2 heterocycles. The molecular weight excluding hydrogens is 406 g/mol. The first kappa shape index (κ1) is 20.0. The molecule has 0 aliphatic carbocycles. The van der Waals surface area contributed by atoms with Gasteiger partial charge in [-0.3, -0.25) is 10.1 Å². The van der Waals surface area contributed by atoms with Crippen LogP contribution in [0.1, 0.15) is 5.56 Å². The summed E-state index contributed by atoms with van der Waals surface area (Å²) in [4.78, 5) is 23.9. The number of anilines is 1. The molecule has 2 aromatic carbocycles. The van der Waals surface area contributed by atoms with Gasteiger partial charge in [0, 0.05) is 24.0 Å². The van der Waals surface area contributed by atoms with E-state index in [0.29, 0.717) is 16.8 Å². The molecule has 0 fully saturated rings. The maximum atomic E-state index is 14.5. The predicted octanol–water partition coefficient (Wildman–Crippen LogP) is 4.30. The normalized spacial score (nSPS) is 10.6. The monoisotopic (exact) mass is 422 g/mol. The highest BCUT2D eigenvalue weighted by atomic mass is 19.1. The number of hydrogen-bond acceptors (Lipinski definition) is 4. The van der Waals surface area contributed by atoms with E-state index in [1.54, 1.807) is 28.9 Å². The average molecular weight is 422 g/mol. The van der Waals surface area contributed by atoms with Crippen molar-refractivity contribution < 1.29 is 23.1 Å². The highest BCUT2D eigenvalue weighted by Crippen LogP contribution is 2.29. The summed E-state index contributed by atoms with van der Waals surface area (Å²) in [7, 11) is 0. The van der Waals surface area contributed by atoms with Crippen LogP contribution < -0.4 is 15.4 Å². The van der Waals surface area contributed by atoms with Crippen molar-refractivity contribution in [2.24, 2.45) is 0 Å². The number of urea groups is 1. The Morgan fingerprint density at radius 2 is 1.81 bits per heavy atom. The van der Waals surface area contributed by atoms with Crippen LogP contribution in [0.25, 0.3) is 5.52 Å². The molecule has 0 unspecified atom stereocenters. The lowest BCUT2D eigenvalue weighted by molar-refractivity contribution is -0.119. The van der Waals surface area contributed by atoms with Gasteiger partial charge in [-0.25, -0.2) is 18.1 Å². The van der Waals surface area contributed by atoms with Crippen molar-refractivity contribution in [3.05, 3.63) is 90.3 Å². The lowest BCUT2D eigenvalue weighted by atomic mass is 10.1. The van der Waals surface area contributed by atoms with E-state index < -0.39 is 23.6 Å². The van der Waals surface area contributed by atoms with Gasteiger partial charge in [0.25, 0.3) is 0 Å². The van der Waals surface area contributed by atoms with Crippen LogP contribution in [0.4, 0.5) is 19.3 Å². The second kappa shape index (κ2) is 8.62. The van der Waals surface area contributed by atoms with Gasteiger partial charge in [0.2, 0.25) is 5.91 Å². The van der Waals surface area contributed by atoms with Crippen molar-refractivity contribution in [1.82, 2.24) is 14.9 Å².